The lowest BCUT2D eigenvalue weighted by Gasteiger charge is -2.20. The third-order valence-corrected chi connectivity index (χ3v) is 3.55. The van der Waals surface area contributed by atoms with Crippen LogP contribution in [0.25, 0.3) is 5.70 Å². The third-order valence-electron chi connectivity index (χ3n) is 3.55. The molecule has 0 atom stereocenters. The number of nitrogens with zero attached hydrogens (tertiary/aromatic N) is 2. The lowest BCUT2D eigenvalue weighted by molar-refractivity contribution is -0.578. The van der Waals surface area contributed by atoms with Gasteiger partial charge in [-0.3, -0.25) is 0 Å². The number of allylic oxidation sites excluding steroid dienone is 2. The standard InChI is InChI=1S/C17H25N2.BrH/c1-2-3-4-5-7-12-18-15-10-17(11-16-18)19-13-8-6-9-14-19;/h6,8-11,13-15H,2-5,7,12,16H2,1H3;1H/q+1;/p-1. The zero-order valence-electron chi connectivity index (χ0n) is 12.3. The van der Waals surface area contributed by atoms with E-state index in [0.717, 1.165) is 6.54 Å². The van der Waals surface area contributed by atoms with E-state index >= 15 is 0 Å². The van der Waals surface area contributed by atoms with E-state index in [1.165, 1.54) is 44.3 Å². The summed E-state index contributed by atoms with van der Waals surface area (Å²) in [5, 5.41) is 0. The molecule has 0 bridgehead atoms. The molecular weight excluding hydrogens is 312 g/mol. The van der Waals surface area contributed by atoms with Crippen molar-refractivity contribution < 1.29 is 21.5 Å². The molecule has 1 aliphatic rings. The molecule has 0 N–H and O–H groups in total. The zero-order valence-corrected chi connectivity index (χ0v) is 13.9. The highest BCUT2D eigenvalue weighted by atomic mass is 79.9. The smallest absolute Gasteiger partial charge is 0.209 e. The fourth-order valence-corrected chi connectivity index (χ4v) is 2.37. The summed E-state index contributed by atoms with van der Waals surface area (Å²) in [6, 6.07) is 6.18. The van der Waals surface area contributed by atoms with E-state index < -0.39 is 0 Å². The minimum atomic E-state index is 0. The largest absolute Gasteiger partial charge is 1.00 e. The Bertz CT molecular complexity index is 426. The van der Waals surface area contributed by atoms with Gasteiger partial charge in [-0.15, -0.1) is 0 Å². The second-order valence-electron chi connectivity index (χ2n) is 5.14. The second kappa shape index (κ2) is 9.76. The molecule has 1 aromatic heterocycles. The number of pyridine rings is 1. The van der Waals surface area contributed by atoms with Gasteiger partial charge in [-0.25, -0.2) is 0 Å². The van der Waals surface area contributed by atoms with Gasteiger partial charge in [0.25, 0.3) is 0 Å². The molecule has 110 valence electrons. The van der Waals surface area contributed by atoms with Crippen molar-refractivity contribution in [1.82, 2.24) is 4.90 Å². The van der Waals surface area contributed by atoms with Gasteiger partial charge < -0.3 is 21.9 Å². The second-order valence-corrected chi connectivity index (χ2v) is 5.14. The van der Waals surface area contributed by atoms with Crippen LogP contribution >= 0.6 is 0 Å². The van der Waals surface area contributed by atoms with Gasteiger partial charge in [0, 0.05) is 43.6 Å². The quantitative estimate of drug-likeness (QED) is 0.523. The molecule has 0 spiro atoms. The minimum Gasteiger partial charge on any atom is -1.00 e. The van der Waals surface area contributed by atoms with Crippen molar-refractivity contribution in [3.05, 3.63) is 48.9 Å². The van der Waals surface area contributed by atoms with Gasteiger partial charge >= 0.3 is 0 Å². The van der Waals surface area contributed by atoms with E-state index in [1.807, 2.05) is 6.07 Å². The van der Waals surface area contributed by atoms with Crippen molar-refractivity contribution in [3.63, 3.8) is 0 Å². The highest BCUT2D eigenvalue weighted by molar-refractivity contribution is 5.48. The van der Waals surface area contributed by atoms with Crippen molar-refractivity contribution in [1.29, 1.82) is 0 Å². The lowest BCUT2D eigenvalue weighted by atomic mass is 10.1. The molecule has 2 heterocycles. The van der Waals surface area contributed by atoms with Crippen LogP contribution in [0.2, 0.25) is 0 Å². The van der Waals surface area contributed by atoms with Gasteiger partial charge in [-0.1, -0.05) is 38.7 Å². The van der Waals surface area contributed by atoms with Crippen LogP contribution < -0.4 is 21.5 Å². The summed E-state index contributed by atoms with van der Waals surface area (Å²) < 4.78 is 2.16. The van der Waals surface area contributed by atoms with Crippen LogP contribution in [0.5, 0.6) is 0 Å². The van der Waals surface area contributed by atoms with Crippen molar-refractivity contribution in [2.75, 3.05) is 13.1 Å². The molecule has 0 radical (unpaired) electrons. The number of hydrogen-bond donors (Lipinski definition) is 0. The van der Waals surface area contributed by atoms with Crippen molar-refractivity contribution in [2.45, 2.75) is 39.0 Å². The molecule has 2 rings (SSSR count). The normalized spacial score (nSPS) is 13.8. The Morgan fingerprint density at radius 3 is 2.45 bits per heavy atom. The molecule has 1 aromatic rings. The first kappa shape index (κ1) is 17.0. The van der Waals surface area contributed by atoms with E-state index in [0.29, 0.717) is 0 Å². The Hall–Kier alpha value is -1.09. The predicted octanol–water partition coefficient (Wildman–Crippen LogP) is 0.619. The fourth-order valence-electron chi connectivity index (χ4n) is 2.37. The first-order valence-corrected chi connectivity index (χ1v) is 7.49. The van der Waals surface area contributed by atoms with Gasteiger partial charge in [0.1, 0.15) is 0 Å². The van der Waals surface area contributed by atoms with Gasteiger partial charge in [-0.05, 0) is 6.42 Å². The molecular formula is C17H25BrN2. The van der Waals surface area contributed by atoms with Gasteiger partial charge in [-0.2, -0.15) is 4.57 Å². The summed E-state index contributed by atoms with van der Waals surface area (Å²) >= 11 is 0. The number of unbranched alkanes of at least 4 members (excludes halogenated alkanes) is 4. The maximum absolute atomic E-state index is 2.40. The highest BCUT2D eigenvalue weighted by Gasteiger charge is 2.10. The summed E-state index contributed by atoms with van der Waals surface area (Å²) in [6.07, 6.45) is 17.7. The molecule has 0 saturated heterocycles. The molecule has 0 fully saturated rings. The van der Waals surface area contributed by atoms with Crippen LogP contribution in [-0.4, -0.2) is 18.0 Å². The Labute approximate surface area is 133 Å². The molecule has 3 heteroatoms. The highest BCUT2D eigenvalue weighted by Crippen LogP contribution is 2.09. The Balaban J connectivity index is 0.00000200. The Morgan fingerprint density at radius 2 is 1.80 bits per heavy atom. The first-order chi connectivity index (χ1) is 9.40. The van der Waals surface area contributed by atoms with Crippen molar-refractivity contribution in [2.24, 2.45) is 0 Å². The number of aromatic nitrogens is 1. The van der Waals surface area contributed by atoms with Crippen LogP contribution in [0.15, 0.2) is 48.9 Å². The van der Waals surface area contributed by atoms with E-state index in [-0.39, 0.29) is 17.0 Å². The first-order valence-electron chi connectivity index (χ1n) is 7.49. The van der Waals surface area contributed by atoms with Crippen LogP contribution in [-0.2, 0) is 0 Å². The topological polar surface area (TPSA) is 7.12 Å². The molecule has 0 unspecified atom stereocenters. The van der Waals surface area contributed by atoms with Gasteiger partial charge in [0.05, 0.1) is 0 Å². The predicted molar refractivity (Wildman–Crippen MR) is 80.4 cm³/mol. The van der Waals surface area contributed by atoms with Crippen LogP contribution in [0, 0.1) is 0 Å². The lowest BCUT2D eigenvalue weighted by Crippen LogP contribution is -3.00. The van der Waals surface area contributed by atoms with E-state index in [4.69, 9.17) is 0 Å². The molecule has 1 aliphatic heterocycles. The van der Waals surface area contributed by atoms with E-state index in [1.54, 1.807) is 0 Å². The van der Waals surface area contributed by atoms with Gasteiger partial charge in [0.15, 0.2) is 12.4 Å². The SMILES string of the molecule is CCCCCCCN1C=CC([n+]2ccccc2)=CC1.[Br-]. The van der Waals surface area contributed by atoms with Crippen LogP contribution in [0.1, 0.15) is 39.0 Å². The number of halogens is 1. The third kappa shape index (κ3) is 5.49. The Morgan fingerprint density at radius 1 is 1.05 bits per heavy atom. The zero-order chi connectivity index (χ0) is 13.3. The minimum absolute atomic E-state index is 0. The molecule has 0 amide bonds. The van der Waals surface area contributed by atoms with E-state index in [2.05, 4.69) is 59.3 Å². The summed E-state index contributed by atoms with van der Waals surface area (Å²) in [4.78, 5) is 2.40. The Kier molecular flexibility index (Phi) is 8.28. The summed E-state index contributed by atoms with van der Waals surface area (Å²) in [6.45, 7) is 4.48. The number of hydrogen-bond acceptors (Lipinski definition) is 1. The van der Waals surface area contributed by atoms with E-state index in [9.17, 15) is 0 Å². The van der Waals surface area contributed by atoms with Crippen molar-refractivity contribution >= 4 is 5.70 Å². The number of rotatable bonds is 7. The summed E-state index contributed by atoms with van der Waals surface area (Å²) in [7, 11) is 0. The molecule has 0 saturated carbocycles. The average Bonchev–Trinajstić information content (AvgIpc) is 2.49. The van der Waals surface area contributed by atoms with Crippen LogP contribution in [0.3, 0.4) is 0 Å². The summed E-state index contributed by atoms with van der Waals surface area (Å²) in [5.74, 6) is 0. The van der Waals surface area contributed by atoms with Crippen molar-refractivity contribution in [3.8, 4) is 0 Å². The molecule has 20 heavy (non-hydrogen) atoms. The molecule has 0 aromatic carbocycles. The molecule has 0 aliphatic carbocycles. The van der Waals surface area contributed by atoms with Crippen LogP contribution in [0.4, 0.5) is 0 Å². The average molecular weight is 337 g/mol. The maximum Gasteiger partial charge on any atom is 0.209 e. The fraction of sp³-hybridized carbons (Fsp3) is 0.471. The molecule has 2 nitrogen and oxygen atoms in total. The van der Waals surface area contributed by atoms with Gasteiger partial charge in [0.2, 0.25) is 5.70 Å². The maximum atomic E-state index is 2.40. The summed E-state index contributed by atoms with van der Waals surface area (Å²) in [5.41, 5.74) is 1.27. The monoisotopic (exact) mass is 336 g/mol.